The summed E-state index contributed by atoms with van der Waals surface area (Å²) in [7, 11) is -3.42. The summed E-state index contributed by atoms with van der Waals surface area (Å²) in [5.74, 6) is 0.728. The quantitative estimate of drug-likeness (QED) is 0.582. The number of rotatable bonds is 8. The van der Waals surface area contributed by atoms with Crippen LogP contribution in [0.1, 0.15) is 25.3 Å². The van der Waals surface area contributed by atoms with Crippen LogP contribution >= 0.6 is 0 Å². The maximum atomic E-state index is 10.9. The molecule has 0 radical (unpaired) electrons. The Labute approximate surface area is 124 Å². The maximum Gasteiger partial charge on any atom is 0.269 e. The number of nitrogens with zero attached hydrogens (tertiary/aromatic N) is 1. The number of nitrogens with two attached hydrogens (primary N) is 1. The molecule has 118 valence electrons. The lowest BCUT2D eigenvalue weighted by atomic mass is 10.1. The molecule has 1 aromatic carbocycles. The molecule has 0 spiro atoms. The first-order valence-electron chi connectivity index (χ1n) is 6.57. The summed E-state index contributed by atoms with van der Waals surface area (Å²) in [6.07, 6.45) is 1.17. The van der Waals surface area contributed by atoms with Gasteiger partial charge < -0.3 is 4.74 Å². The van der Waals surface area contributed by atoms with Gasteiger partial charge in [0.25, 0.3) is 5.69 Å². The van der Waals surface area contributed by atoms with E-state index in [1.807, 2.05) is 6.92 Å². The van der Waals surface area contributed by atoms with Crippen LogP contribution in [0.5, 0.6) is 5.75 Å². The molecule has 1 rings (SSSR count). The minimum absolute atomic E-state index is 0.0290. The lowest BCUT2D eigenvalue weighted by Gasteiger charge is -2.13. The van der Waals surface area contributed by atoms with Gasteiger partial charge >= 0.3 is 0 Å². The SMILES string of the molecule is Cc1cc([N+](=O)[O-])ccc1OCCC(C)CCS(N)(=O)=O. The van der Waals surface area contributed by atoms with Gasteiger partial charge in [-0.1, -0.05) is 6.92 Å². The van der Waals surface area contributed by atoms with Crippen molar-refractivity contribution in [2.75, 3.05) is 12.4 Å². The molecule has 0 saturated carbocycles. The number of hydrogen-bond acceptors (Lipinski definition) is 5. The average Bonchev–Trinajstić information content (AvgIpc) is 2.37. The largest absolute Gasteiger partial charge is 0.493 e. The highest BCUT2D eigenvalue weighted by Gasteiger charge is 2.11. The molecular weight excluding hydrogens is 296 g/mol. The van der Waals surface area contributed by atoms with E-state index in [0.29, 0.717) is 30.8 Å². The predicted molar refractivity (Wildman–Crippen MR) is 79.7 cm³/mol. The Balaban J connectivity index is 2.44. The van der Waals surface area contributed by atoms with Crippen molar-refractivity contribution < 1.29 is 18.1 Å². The number of non-ortho nitro benzene ring substituents is 1. The van der Waals surface area contributed by atoms with E-state index in [-0.39, 0.29) is 17.4 Å². The summed E-state index contributed by atoms with van der Waals surface area (Å²) in [5, 5.41) is 15.6. The van der Waals surface area contributed by atoms with Crippen LogP contribution < -0.4 is 9.88 Å². The van der Waals surface area contributed by atoms with E-state index in [1.165, 1.54) is 12.1 Å². The minimum Gasteiger partial charge on any atom is -0.493 e. The fourth-order valence-corrected chi connectivity index (χ4v) is 2.52. The zero-order chi connectivity index (χ0) is 16.0. The molecule has 8 heteroatoms. The molecule has 1 atom stereocenters. The van der Waals surface area contributed by atoms with Gasteiger partial charge in [-0.2, -0.15) is 0 Å². The molecule has 1 aromatic rings. The van der Waals surface area contributed by atoms with Crippen LogP contribution in [0.4, 0.5) is 5.69 Å². The molecule has 21 heavy (non-hydrogen) atoms. The first-order chi connectivity index (χ1) is 9.69. The van der Waals surface area contributed by atoms with Gasteiger partial charge in [0.05, 0.1) is 17.3 Å². The van der Waals surface area contributed by atoms with Gasteiger partial charge in [0.2, 0.25) is 10.0 Å². The smallest absolute Gasteiger partial charge is 0.269 e. The molecular formula is C13H20N2O5S. The first-order valence-corrected chi connectivity index (χ1v) is 8.29. The van der Waals surface area contributed by atoms with Gasteiger partial charge in [0.15, 0.2) is 0 Å². The first kappa shape index (κ1) is 17.4. The van der Waals surface area contributed by atoms with E-state index < -0.39 is 14.9 Å². The van der Waals surface area contributed by atoms with Gasteiger partial charge in [0, 0.05) is 12.1 Å². The fraction of sp³-hybridized carbons (Fsp3) is 0.538. The highest BCUT2D eigenvalue weighted by molar-refractivity contribution is 7.89. The highest BCUT2D eigenvalue weighted by atomic mass is 32.2. The van der Waals surface area contributed by atoms with Crippen molar-refractivity contribution in [2.45, 2.75) is 26.7 Å². The summed E-state index contributed by atoms with van der Waals surface area (Å²) < 4.78 is 27.3. The van der Waals surface area contributed by atoms with Gasteiger partial charge in [-0.05, 0) is 37.3 Å². The molecule has 0 heterocycles. The van der Waals surface area contributed by atoms with E-state index in [1.54, 1.807) is 13.0 Å². The Bertz CT molecular complexity index is 601. The van der Waals surface area contributed by atoms with Crippen LogP contribution in [0.2, 0.25) is 0 Å². The second kappa shape index (κ2) is 7.37. The Kier molecular flexibility index (Phi) is 6.10. The molecule has 0 saturated heterocycles. The number of nitro benzene ring substituents is 1. The van der Waals surface area contributed by atoms with Crippen LogP contribution in [-0.2, 0) is 10.0 Å². The fourth-order valence-electron chi connectivity index (χ4n) is 1.79. The second-order valence-electron chi connectivity index (χ2n) is 5.10. The van der Waals surface area contributed by atoms with Crippen molar-refractivity contribution in [1.29, 1.82) is 0 Å². The van der Waals surface area contributed by atoms with Crippen LogP contribution in [0.15, 0.2) is 18.2 Å². The molecule has 0 fully saturated rings. The molecule has 0 bridgehead atoms. The topological polar surface area (TPSA) is 113 Å². The number of sulfonamides is 1. The number of aryl methyl sites for hydroxylation is 1. The van der Waals surface area contributed by atoms with Gasteiger partial charge in [-0.3, -0.25) is 10.1 Å². The Morgan fingerprint density at radius 3 is 2.57 bits per heavy atom. The zero-order valence-electron chi connectivity index (χ0n) is 12.1. The van der Waals surface area contributed by atoms with Crippen molar-refractivity contribution >= 4 is 15.7 Å². The van der Waals surface area contributed by atoms with Crippen molar-refractivity contribution in [3.8, 4) is 5.75 Å². The molecule has 0 aliphatic rings. The summed E-state index contributed by atoms with van der Waals surface area (Å²) >= 11 is 0. The molecule has 0 aromatic heterocycles. The summed E-state index contributed by atoms with van der Waals surface area (Å²) in [4.78, 5) is 10.2. The molecule has 7 nitrogen and oxygen atoms in total. The van der Waals surface area contributed by atoms with Gasteiger partial charge in [-0.25, -0.2) is 13.6 Å². The Morgan fingerprint density at radius 1 is 1.38 bits per heavy atom. The summed E-state index contributed by atoms with van der Waals surface area (Å²) in [6.45, 7) is 4.09. The van der Waals surface area contributed by atoms with Crippen LogP contribution in [-0.4, -0.2) is 25.7 Å². The Hall–Kier alpha value is -1.67. The molecule has 0 aliphatic carbocycles. The number of nitro groups is 1. The summed E-state index contributed by atoms with van der Waals surface area (Å²) in [6, 6.07) is 4.43. The van der Waals surface area contributed by atoms with E-state index in [9.17, 15) is 18.5 Å². The van der Waals surface area contributed by atoms with Crippen molar-refractivity contribution in [3.63, 3.8) is 0 Å². The molecule has 0 amide bonds. The molecule has 0 aliphatic heterocycles. The molecule has 1 unspecified atom stereocenters. The van der Waals surface area contributed by atoms with Crippen molar-refractivity contribution in [3.05, 3.63) is 33.9 Å². The number of benzene rings is 1. The average molecular weight is 316 g/mol. The minimum atomic E-state index is -3.42. The Morgan fingerprint density at radius 2 is 2.05 bits per heavy atom. The van der Waals surface area contributed by atoms with Crippen molar-refractivity contribution in [1.82, 2.24) is 0 Å². The van der Waals surface area contributed by atoms with E-state index in [0.717, 1.165) is 0 Å². The van der Waals surface area contributed by atoms with Crippen LogP contribution in [0.3, 0.4) is 0 Å². The monoisotopic (exact) mass is 316 g/mol. The summed E-state index contributed by atoms with van der Waals surface area (Å²) in [5.41, 5.74) is 0.725. The standard InChI is InChI=1S/C13H20N2O5S/c1-10(6-8-21(14,18)19)5-7-20-13-4-3-12(15(16)17)9-11(13)2/h3-4,9-10H,5-8H2,1-2H3,(H2,14,18,19). The second-order valence-corrected chi connectivity index (χ2v) is 6.84. The maximum absolute atomic E-state index is 10.9. The zero-order valence-corrected chi connectivity index (χ0v) is 12.9. The van der Waals surface area contributed by atoms with E-state index in [4.69, 9.17) is 9.88 Å². The number of ether oxygens (including phenoxy) is 1. The third kappa shape index (κ3) is 6.54. The number of primary sulfonamides is 1. The number of hydrogen-bond donors (Lipinski definition) is 1. The van der Waals surface area contributed by atoms with E-state index in [2.05, 4.69) is 0 Å². The van der Waals surface area contributed by atoms with Crippen molar-refractivity contribution in [2.24, 2.45) is 11.1 Å². The lowest BCUT2D eigenvalue weighted by molar-refractivity contribution is -0.384. The van der Waals surface area contributed by atoms with Gasteiger partial charge in [0.1, 0.15) is 5.75 Å². The third-order valence-corrected chi connectivity index (χ3v) is 3.94. The van der Waals surface area contributed by atoms with Crippen LogP contribution in [0, 0.1) is 23.0 Å². The highest BCUT2D eigenvalue weighted by Crippen LogP contribution is 2.23. The van der Waals surface area contributed by atoms with Crippen LogP contribution in [0.25, 0.3) is 0 Å². The van der Waals surface area contributed by atoms with E-state index >= 15 is 0 Å². The predicted octanol–water partition coefficient (Wildman–Crippen LogP) is 1.99. The van der Waals surface area contributed by atoms with Gasteiger partial charge in [-0.15, -0.1) is 0 Å². The lowest BCUT2D eigenvalue weighted by Crippen LogP contribution is -2.18. The third-order valence-electron chi connectivity index (χ3n) is 3.13. The molecule has 2 N–H and O–H groups in total. The normalized spacial score (nSPS) is 12.9.